The van der Waals surface area contributed by atoms with Crippen LogP contribution >= 0.6 is 0 Å². The number of rotatable bonds is 3. The van der Waals surface area contributed by atoms with E-state index >= 15 is 0 Å². The molecule has 2 N–H and O–H groups in total. The van der Waals surface area contributed by atoms with Gasteiger partial charge in [-0.25, -0.2) is 0 Å². The topological polar surface area (TPSA) is 66.6 Å². The highest BCUT2D eigenvalue weighted by molar-refractivity contribution is 5.95. The van der Waals surface area contributed by atoms with Crippen LogP contribution in [0.4, 0.5) is 0 Å². The molecule has 25 heavy (non-hydrogen) atoms. The molecule has 1 aliphatic rings. The fraction of sp³-hybridized carbons (Fsp3) is 0.300. The Morgan fingerprint density at radius 3 is 1.80 bits per heavy atom. The van der Waals surface area contributed by atoms with Crippen LogP contribution in [0.1, 0.15) is 32.7 Å². The van der Waals surface area contributed by atoms with Crippen LogP contribution in [0.25, 0.3) is 0 Å². The summed E-state index contributed by atoms with van der Waals surface area (Å²) in [4.78, 5) is 28.9. The van der Waals surface area contributed by atoms with Crippen molar-refractivity contribution in [3.8, 4) is 0 Å². The third kappa shape index (κ3) is 4.06. The van der Waals surface area contributed by atoms with Crippen LogP contribution in [-0.4, -0.2) is 47.8 Å². The first-order valence-corrected chi connectivity index (χ1v) is 8.61. The first-order chi connectivity index (χ1) is 12.2. The Morgan fingerprint density at radius 1 is 0.760 bits per heavy atom. The van der Waals surface area contributed by atoms with Gasteiger partial charge in [-0.3, -0.25) is 9.59 Å². The molecule has 0 aliphatic carbocycles. The van der Waals surface area contributed by atoms with Crippen LogP contribution in [0.3, 0.4) is 0 Å². The van der Waals surface area contributed by atoms with Gasteiger partial charge in [0.05, 0.1) is 0 Å². The molecule has 3 rings (SSSR count). The summed E-state index contributed by atoms with van der Waals surface area (Å²) in [7, 11) is 0. The lowest BCUT2D eigenvalue weighted by Gasteiger charge is -2.22. The smallest absolute Gasteiger partial charge is 0.253 e. The van der Waals surface area contributed by atoms with Crippen molar-refractivity contribution in [2.75, 3.05) is 26.2 Å². The Labute approximate surface area is 148 Å². The molecule has 2 aromatic rings. The number of hydrogen-bond acceptors (Lipinski definition) is 3. The van der Waals surface area contributed by atoms with Gasteiger partial charge in [-0.05, 0) is 36.2 Å². The summed E-state index contributed by atoms with van der Waals surface area (Å²) in [6.45, 7) is 2.91. The third-order valence-electron chi connectivity index (χ3n) is 4.53. The first-order valence-electron chi connectivity index (χ1n) is 8.61. The van der Waals surface area contributed by atoms with E-state index in [0.29, 0.717) is 43.9 Å². The molecule has 0 aromatic heterocycles. The van der Waals surface area contributed by atoms with Crippen molar-refractivity contribution < 1.29 is 9.59 Å². The Kier molecular flexibility index (Phi) is 5.46. The Hall–Kier alpha value is -2.66. The largest absolute Gasteiger partial charge is 0.337 e. The van der Waals surface area contributed by atoms with Crippen LogP contribution in [0.15, 0.2) is 54.6 Å². The average molecular weight is 337 g/mol. The van der Waals surface area contributed by atoms with Crippen molar-refractivity contribution in [1.82, 2.24) is 9.80 Å². The Balaban J connectivity index is 1.64. The molecule has 5 heteroatoms. The third-order valence-corrected chi connectivity index (χ3v) is 4.53. The van der Waals surface area contributed by atoms with Gasteiger partial charge in [0, 0.05) is 43.9 Å². The van der Waals surface area contributed by atoms with Gasteiger partial charge >= 0.3 is 0 Å². The van der Waals surface area contributed by atoms with Gasteiger partial charge < -0.3 is 15.5 Å². The number of hydrogen-bond donors (Lipinski definition) is 1. The van der Waals surface area contributed by atoms with E-state index in [1.54, 1.807) is 0 Å². The van der Waals surface area contributed by atoms with Crippen LogP contribution in [0.5, 0.6) is 0 Å². The first kappa shape index (κ1) is 17.2. The second-order valence-corrected chi connectivity index (χ2v) is 6.21. The highest BCUT2D eigenvalue weighted by Crippen LogP contribution is 2.13. The Morgan fingerprint density at radius 2 is 1.28 bits per heavy atom. The number of carbonyl (C=O) groups is 2. The molecule has 1 fully saturated rings. The zero-order valence-electron chi connectivity index (χ0n) is 14.2. The molecule has 1 saturated heterocycles. The number of nitrogens with two attached hydrogens (primary N) is 1. The quantitative estimate of drug-likeness (QED) is 0.933. The average Bonchev–Trinajstić information content (AvgIpc) is 2.94. The molecule has 0 saturated carbocycles. The molecular weight excluding hydrogens is 314 g/mol. The van der Waals surface area contributed by atoms with Crippen molar-refractivity contribution in [2.24, 2.45) is 5.73 Å². The summed E-state index contributed by atoms with van der Waals surface area (Å²) in [5.41, 5.74) is 7.97. The molecule has 0 spiro atoms. The van der Waals surface area contributed by atoms with Gasteiger partial charge in [-0.15, -0.1) is 0 Å². The van der Waals surface area contributed by atoms with Crippen LogP contribution in [-0.2, 0) is 6.54 Å². The predicted molar refractivity (Wildman–Crippen MR) is 97.2 cm³/mol. The highest BCUT2D eigenvalue weighted by atomic mass is 16.2. The van der Waals surface area contributed by atoms with E-state index in [1.807, 2.05) is 64.4 Å². The molecule has 2 amide bonds. The minimum atomic E-state index is 0.0116. The van der Waals surface area contributed by atoms with E-state index in [4.69, 9.17) is 5.73 Å². The van der Waals surface area contributed by atoms with Crippen molar-refractivity contribution >= 4 is 11.8 Å². The lowest BCUT2D eigenvalue weighted by molar-refractivity contribution is 0.0719. The molecule has 130 valence electrons. The normalized spacial score (nSPS) is 14.9. The summed E-state index contributed by atoms with van der Waals surface area (Å²) >= 11 is 0. The standard InChI is InChI=1S/C20H23N3O2/c21-15-16-7-9-18(10-8-16)20(25)23-12-4-11-22(13-14-23)19(24)17-5-2-1-3-6-17/h1-3,5-10H,4,11-15,21H2. The van der Waals surface area contributed by atoms with Crippen LogP contribution in [0, 0.1) is 0 Å². The van der Waals surface area contributed by atoms with Gasteiger partial charge in [-0.1, -0.05) is 30.3 Å². The van der Waals surface area contributed by atoms with E-state index < -0.39 is 0 Å². The zero-order chi connectivity index (χ0) is 17.6. The van der Waals surface area contributed by atoms with Gasteiger partial charge in [0.1, 0.15) is 0 Å². The van der Waals surface area contributed by atoms with Gasteiger partial charge in [0.2, 0.25) is 0 Å². The molecule has 0 unspecified atom stereocenters. The maximum atomic E-state index is 12.7. The molecule has 0 atom stereocenters. The second kappa shape index (κ2) is 7.94. The van der Waals surface area contributed by atoms with Crippen LogP contribution < -0.4 is 5.73 Å². The maximum Gasteiger partial charge on any atom is 0.253 e. The lowest BCUT2D eigenvalue weighted by atomic mass is 10.1. The van der Waals surface area contributed by atoms with Gasteiger partial charge in [0.25, 0.3) is 11.8 Å². The number of amides is 2. The number of benzene rings is 2. The van der Waals surface area contributed by atoms with Crippen LogP contribution in [0.2, 0.25) is 0 Å². The molecule has 1 heterocycles. The minimum Gasteiger partial charge on any atom is -0.337 e. The monoisotopic (exact) mass is 337 g/mol. The fourth-order valence-corrected chi connectivity index (χ4v) is 3.05. The van der Waals surface area contributed by atoms with E-state index in [1.165, 1.54) is 0 Å². The summed E-state index contributed by atoms with van der Waals surface area (Å²) in [5.74, 6) is 0.0415. The highest BCUT2D eigenvalue weighted by Gasteiger charge is 2.23. The van der Waals surface area contributed by atoms with Crippen molar-refractivity contribution in [1.29, 1.82) is 0 Å². The zero-order valence-corrected chi connectivity index (χ0v) is 14.2. The molecule has 0 bridgehead atoms. The predicted octanol–water partition coefficient (Wildman–Crippen LogP) is 2.13. The SMILES string of the molecule is NCc1ccc(C(=O)N2CCCN(C(=O)c3ccccc3)CC2)cc1. The molecule has 5 nitrogen and oxygen atoms in total. The fourth-order valence-electron chi connectivity index (χ4n) is 3.05. The van der Waals surface area contributed by atoms with Gasteiger partial charge in [0.15, 0.2) is 0 Å². The molecule has 1 aliphatic heterocycles. The molecular formula is C20H23N3O2. The Bertz CT molecular complexity index is 728. The van der Waals surface area contributed by atoms with Crippen molar-refractivity contribution in [3.63, 3.8) is 0 Å². The van der Waals surface area contributed by atoms with Crippen molar-refractivity contribution in [3.05, 3.63) is 71.3 Å². The summed E-state index contributed by atoms with van der Waals surface area (Å²) in [5, 5.41) is 0. The molecule has 2 aromatic carbocycles. The van der Waals surface area contributed by atoms with Gasteiger partial charge in [-0.2, -0.15) is 0 Å². The van der Waals surface area contributed by atoms with E-state index in [-0.39, 0.29) is 11.8 Å². The van der Waals surface area contributed by atoms with E-state index in [2.05, 4.69) is 0 Å². The maximum absolute atomic E-state index is 12.7. The summed E-state index contributed by atoms with van der Waals surface area (Å²) < 4.78 is 0. The van der Waals surface area contributed by atoms with E-state index in [0.717, 1.165) is 12.0 Å². The second-order valence-electron chi connectivity index (χ2n) is 6.21. The lowest BCUT2D eigenvalue weighted by Crippen LogP contribution is -2.37. The summed E-state index contributed by atoms with van der Waals surface area (Å²) in [6.07, 6.45) is 0.783. The van der Waals surface area contributed by atoms with Crippen molar-refractivity contribution in [2.45, 2.75) is 13.0 Å². The molecule has 0 radical (unpaired) electrons. The number of nitrogens with zero attached hydrogens (tertiary/aromatic N) is 2. The van der Waals surface area contributed by atoms with E-state index in [9.17, 15) is 9.59 Å². The number of carbonyl (C=O) groups excluding carboxylic acids is 2. The minimum absolute atomic E-state index is 0.0116. The summed E-state index contributed by atoms with van der Waals surface area (Å²) in [6, 6.07) is 16.7.